The second kappa shape index (κ2) is 8.10. The highest BCUT2D eigenvalue weighted by Gasteiger charge is 2.18. The minimum absolute atomic E-state index is 0.190. The number of hydrogen-bond acceptors (Lipinski definition) is 4. The lowest BCUT2D eigenvalue weighted by Crippen LogP contribution is -2.29. The van der Waals surface area contributed by atoms with Crippen molar-refractivity contribution in [3.8, 4) is 5.75 Å². The van der Waals surface area contributed by atoms with Crippen LogP contribution in [0.1, 0.15) is 10.4 Å². The van der Waals surface area contributed by atoms with Crippen LogP contribution in [0.15, 0.2) is 73.3 Å². The molecule has 0 aliphatic heterocycles. The van der Waals surface area contributed by atoms with Gasteiger partial charge in [0.1, 0.15) is 18.2 Å². The Bertz CT molecular complexity index is 789. The van der Waals surface area contributed by atoms with Crippen LogP contribution >= 0.6 is 0 Å². The van der Waals surface area contributed by atoms with Crippen LogP contribution in [0.2, 0.25) is 0 Å². The number of nitrogens with zero attached hydrogens (tertiary/aromatic N) is 2. The predicted molar refractivity (Wildman–Crippen MR) is 89.8 cm³/mol. The largest absolute Gasteiger partial charge is 0.490 e. The van der Waals surface area contributed by atoms with Crippen LogP contribution in [0.3, 0.4) is 0 Å². The molecule has 3 rings (SSSR count). The fourth-order valence-electron chi connectivity index (χ4n) is 2.27. The van der Waals surface area contributed by atoms with E-state index in [0.717, 1.165) is 0 Å². The van der Waals surface area contributed by atoms with Gasteiger partial charge in [-0.15, -0.1) is 0 Å². The van der Waals surface area contributed by atoms with Gasteiger partial charge in [-0.2, -0.15) is 0 Å². The lowest BCUT2D eigenvalue weighted by atomic mass is 10.2. The summed E-state index contributed by atoms with van der Waals surface area (Å²) in [5, 5.41) is 0. The Morgan fingerprint density at radius 1 is 1.12 bits per heavy atom. The molecule has 0 aliphatic carbocycles. The summed E-state index contributed by atoms with van der Waals surface area (Å²) in [6, 6.07) is 14.5. The zero-order valence-electron chi connectivity index (χ0n) is 13.4. The zero-order valence-corrected chi connectivity index (χ0v) is 13.4. The van der Waals surface area contributed by atoms with Crippen molar-refractivity contribution in [2.75, 3.05) is 6.61 Å². The Balaban J connectivity index is 1.66. The van der Waals surface area contributed by atoms with Crippen molar-refractivity contribution in [3.63, 3.8) is 0 Å². The number of benzene rings is 2. The summed E-state index contributed by atoms with van der Waals surface area (Å²) in [5.41, 5.74) is 0.289. The summed E-state index contributed by atoms with van der Waals surface area (Å²) in [6.07, 6.45) is 4.55. The fourth-order valence-corrected chi connectivity index (χ4v) is 2.27. The van der Waals surface area contributed by atoms with Gasteiger partial charge in [-0.1, -0.05) is 18.2 Å². The maximum Gasteiger partial charge on any atom is 0.338 e. The molecule has 0 radical (unpaired) electrons. The number of hydrogen-bond donors (Lipinski definition) is 0. The van der Waals surface area contributed by atoms with Crippen LogP contribution in [0.25, 0.3) is 0 Å². The van der Waals surface area contributed by atoms with E-state index in [4.69, 9.17) is 9.47 Å². The maximum absolute atomic E-state index is 13.0. The van der Waals surface area contributed by atoms with Gasteiger partial charge in [-0.25, -0.2) is 14.2 Å². The minimum Gasteiger partial charge on any atom is -0.490 e. The molecule has 0 amide bonds. The maximum atomic E-state index is 13.0. The molecule has 128 valence electrons. The van der Waals surface area contributed by atoms with Crippen molar-refractivity contribution in [1.82, 2.24) is 9.55 Å². The van der Waals surface area contributed by atoms with Gasteiger partial charge in [0.2, 0.25) is 0 Å². The molecular weight excluding hydrogens is 323 g/mol. The molecule has 5 nitrogen and oxygen atoms in total. The van der Waals surface area contributed by atoms with Gasteiger partial charge in [-0.05, 0) is 36.4 Å². The zero-order chi connectivity index (χ0) is 17.5. The number of rotatable bonds is 7. The van der Waals surface area contributed by atoms with E-state index < -0.39 is 17.9 Å². The molecule has 1 unspecified atom stereocenters. The minimum atomic E-state index is -0.526. The number of para-hydroxylation sites is 1. The number of carbonyl (C=O) groups excluding carboxylic acids is 1. The number of ether oxygens (including phenoxy) is 2. The number of halogens is 1. The van der Waals surface area contributed by atoms with E-state index in [2.05, 4.69) is 4.98 Å². The van der Waals surface area contributed by atoms with E-state index in [-0.39, 0.29) is 12.2 Å². The van der Waals surface area contributed by atoms with Gasteiger partial charge in [0.25, 0.3) is 0 Å². The Hall–Kier alpha value is -3.15. The van der Waals surface area contributed by atoms with Crippen LogP contribution < -0.4 is 4.74 Å². The quantitative estimate of drug-likeness (QED) is 0.619. The summed E-state index contributed by atoms with van der Waals surface area (Å²) in [5.74, 6) is -0.239. The van der Waals surface area contributed by atoms with Crippen molar-refractivity contribution < 1.29 is 18.7 Å². The van der Waals surface area contributed by atoms with E-state index >= 15 is 0 Å². The topological polar surface area (TPSA) is 53.4 Å². The third-order valence-corrected chi connectivity index (χ3v) is 3.51. The van der Waals surface area contributed by atoms with E-state index in [1.54, 1.807) is 23.3 Å². The van der Waals surface area contributed by atoms with Gasteiger partial charge in [0, 0.05) is 12.4 Å². The summed E-state index contributed by atoms with van der Waals surface area (Å²) in [4.78, 5) is 16.3. The first-order chi connectivity index (χ1) is 12.2. The number of aromatic nitrogens is 2. The van der Waals surface area contributed by atoms with Crippen LogP contribution in [-0.4, -0.2) is 28.2 Å². The molecule has 0 saturated carbocycles. The lowest BCUT2D eigenvalue weighted by Gasteiger charge is -2.19. The molecule has 0 spiro atoms. The molecular formula is C19H17FN2O3. The highest BCUT2D eigenvalue weighted by Crippen LogP contribution is 2.12. The first-order valence-electron chi connectivity index (χ1n) is 7.81. The van der Waals surface area contributed by atoms with Crippen LogP contribution in [0.4, 0.5) is 4.39 Å². The smallest absolute Gasteiger partial charge is 0.338 e. The Kier molecular flexibility index (Phi) is 5.41. The fraction of sp³-hybridized carbons (Fsp3) is 0.158. The molecule has 1 aromatic heterocycles. The lowest BCUT2D eigenvalue weighted by molar-refractivity contribution is 0.0125. The van der Waals surface area contributed by atoms with Crippen molar-refractivity contribution >= 4 is 5.97 Å². The van der Waals surface area contributed by atoms with Crippen molar-refractivity contribution in [2.24, 2.45) is 0 Å². The van der Waals surface area contributed by atoms with Crippen LogP contribution in [0, 0.1) is 5.82 Å². The molecule has 6 heteroatoms. The molecule has 0 fully saturated rings. The molecule has 25 heavy (non-hydrogen) atoms. The van der Waals surface area contributed by atoms with Gasteiger partial charge < -0.3 is 14.0 Å². The van der Waals surface area contributed by atoms with Gasteiger partial charge in [0.05, 0.1) is 18.4 Å². The number of esters is 1. The van der Waals surface area contributed by atoms with Crippen molar-refractivity contribution in [2.45, 2.75) is 12.6 Å². The summed E-state index contributed by atoms with van der Waals surface area (Å²) >= 11 is 0. The molecule has 0 saturated heterocycles. The third kappa shape index (κ3) is 4.91. The molecule has 1 atom stereocenters. The van der Waals surface area contributed by atoms with E-state index in [1.807, 2.05) is 30.3 Å². The van der Waals surface area contributed by atoms with Gasteiger partial charge in [-0.3, -0.25) is 0 Å². The van der Waals surface area contributed by atoms with E-state index in [1.165, 1.54) is 24.3 Å². The molecule has 0 aliphatic rings. The highest BCUT2D eigenvalue weighted by molar-refractivity contribution is 5.89. The second-order valence-corrected chi connectivity index (χ2v) is 5.42. The Morgan fingerprint density at radius 3 is 2.56 bits per heavy atom. The van der Waals surface area contributed by atoms with Crippen LogP contribution in [0.5, 0.6) is 5.75 Å². The first-order valence-corrected chi connectivity index (χ1v) is 7.81. The predicted octanol–water partition coefficient (Wildman–Crippen LogP) is 3.33. The summed E-state index contributed by atoms with van der Waals surface area (Å²) < 4.78 is 26.0. The average molecular weight is 340 g/mol. The summed E-state index contributed by atoms with van der Waals surface area (Å²) in [6.45, 7) is 0.592. The number of carbonyl (C=O) groups is 1. The Morgan fingerprint density at radius 2 is 1.88 bits per heavy atom. The molecule has 3 aromatic rings. The average Bonchev–Trinajstić information content (AvgIpc) is 3.14. The first kappa shape index (κ1) is 16.7. The summed E-state index contributed by atoms with van der Waals surface area (Å²) in [7, 11) is 0. The van der Waals surface area contributed by atoms with Crippen molar-refractivity contribution in [3.05, 3.63) is 84.7 Å². The van der Waals surface area contributed by atoms with Crippen LogP contribution in [-0.2, 0) is 11.3 Å². The van der Waals surface area contributed by atoms with Crippen molar-refractivity contribution in [1.29, 1.82) is 0 Å². The second-order valence-electron chi connectivity index (χ2n) is 5.42. The SMILES string of the molecule is O=C(OC(COc1ccccc1)Cn1ccnc1)c1ccc(F)cc1. The standard InChI is InChI=1S/C19H17FN2O3/c20-16-8-6-15(7-9-16)19(23)25-18(12-22-11-10-21-14-22)13-24-17-4-2-1-3-5-17/h1-11,14,18H,12-13H2. The molecule has 0 N–H and O–H groups in total. The third-order valence-electron chi connectivity index (χ3n) is 3.51. The Labute approximate surface area is 144 Å². The van der Waals surface area contributed by atoms with E-state index in [9.17, 15) is 9.18 Å². The number of imidazole rings is 1. The molecule has 1 heterocycles. The van der Waals surface area contributed by atoms with Gasteiger partial charge in [0.15, 0.2) is 6.10 Å². The monoisotopic (exact) mass is 340 g/mol. The highest BCUT2D eigenvalue weighted by atomic mass is 19.1. The van der Waals surface area contributed by atoms with E-state index in [0.29, 0.717) is 12.3 Å². The normalized spacial score (nSPS) is 11.7. The molecule has 0 bridgehead atoms. The van der Waals surface area contributed by atoms with Gasteiger partial charge >= 0.3 is 5.97 Å². The molecule has 2 aromatic carbocycles.